The Hall–Kier alpha value is -3.60. The van der Waals surface area contributed by atoms with E-state index < -0.39 is 5.54 Å². The molecule has 0 saturated heterocycles. The molecule has 0 fully saturated rings. The number of fused-ring (bicyclic) bond motifs is 1. The van der Waals surface area contributed by atoms with Crippen LogP contribution in [0.4, 0.5) is 5.69 Å². The molecular formula is C30H34N2O3. The molecule has 3 aromatic rings. The molecule has 0 aromatic heterocycles. The maximum absolute atomic E-state index is 14.2. The van der Waals surface area contributed by atoms with Crippen LogP contribution >= 0.6 is 0 Å². The fourth-order valence-electron chi connectivity index (χ4n) is 4.76. The van der Waals surface area contributed by atoms with E-state index in [0.29, 0.717) is 37.6 Å². The van der Waals surface area contributed by atoms with Crippen molar-refractivity contribution in [2.75, 3.05) is 18.1 Å². The van der Waals surface area contributed by atoms with E-state index in [1.807, 2.05) is 84.9 Å². The normalized spacial score (nSPS) is 18.5. The highest BCUT2D eigenvalue weighted by Gasteiger charge is 2.48. The van der Waals surface area contributed by atoms with Crippen LogP contribution in [0.3, 0.4) is 0 Å². The fourth-order valence-corrected chi connectivity index (χ4v) is 4.76. The van der Waals surface area contributed by atoms with Crippen molar-refractivity contribution in [1.82, 2.24) is 5.32 Å². The molecule has 5 heteroatoms. The number of amides is 2. The second-order valence-electron chi connectivity index (χ2n) is 9.47. The van der Waals surface area contributed by atoms with E-state index in [1.165, 1.54) is 0 Å². The van der Waals surface area contributed by atoms with Crippen LogP contribution in [0.25, 0.3) is 0 Å². The molecule has 0 aliphatic carbocycles. The van der Waals surface area contributed by atoms with Gasteiger partial charge in [-0.05, 0) is 48.9 Å². The lowest BCUT2D eigenvalue weighted by atomic mass is 9.81. The first-order valence-electron chi connectivity index (χ1n) is 12.4. The molecule has 35 heavy (non-hydrogen) atoms. The summed E-state index contributed by atoms with van der Waals surface area (Å²) in [4.78, 5) is 30.1. The number of benzene rings is 3. The molecule has 1 aliphatic rings. The highest BCUT2D eigenvalue weighted by Crippen LogP contribution is 2.39. The summed E-state index contributed by atoms with van der Waals surface area (Å²) < 4.78 is 6.07. The Balaban J connectivity index is 1.88. The van der Waals surface area contributed by atoms with Gasteiger partial charge in [-0.15, -0.1) is 0 Å². The number of hydrogen-bond acceptors (Lipinski definition) is 3. The molecule has 3 aromatic carbocycles. The molecule has 0 bridgehead atoms. The Morgan fingerprint density at radius 1 is 0.971 bits per heavy atom. The van der Waals surface area contributed by atoms with Crippen LogP contribution in [0.2, 0.25) is 0 Å². The average molecular weight is 471 g/mol. The topological polar surface area (TPSA) is 58.6 Å². The first-order valence-corrected chi connectivity index (χ1v) is 12.4. The monoisotopic (exact) mass is 470 g/mol. The number of hydrogen-bond donors (Lipinski definition) is 1. The van der Waals surface area contributed by atoms with Gasteiger partial charge in [0.05, 0.1) is 13.0 Å². The molecule has 1 atom stereocenters. The van der Waals surface area contributed by atoms with Crippen molar-refractivity contribution in [3.8, 4) is 5.75 Å². The van der Waals surface area contributed by atoms with Gasteiger partial charge in [0.25, 0.3) is 5.91 Å². The van der Waals surface area contributed by atoms with Crippen molar-refractivity contribution in [1.29, 1.82) is 0 Å². The highest BCUT2D eigenvalue weighted by atomic mass is 16.5. The Morgan fingerprint density at radius 2 is 1.63 bits per heavy atom. The molecule has 1 heterocycles. The lowest BCUT2D eigenvalue weighted by Crippen LogP contribution is -2.59. The SMILES string of the molecule is CC(C)CCNC(=O)C1(c2ccccc2)CCCOc2ccccc2CC(=O)N1c1ccccc1. The summed E-state index contributed by atoms with van der Waals surface area (Å²) in [5, 5.41) is 3.17. The summed E-state index contributed by atoms with van der Waals surface area (Å²) in [5.74, 6) is 0.888. The maximum atomic E-state index is 14.2. The van der Waals surface area contributed by atoms with Gasteiger partial charge in [-0.2, -0.15) is 0 Å². The van der Waals surface area contributed by atoms with Crippen molar-refractivity contribution in [2.24, 2.45) is 5.92 Å². The predicted molar refractivity (Wildman–Crippen MR) is 139 cm³/mol. The van der Waals surface area contributed by atoms with E-state index in [2.05, 4.69) is 19.2 Å². The minimum absolute atomic E-state index is 0.138. The number of anilines is 1. The molecule has 1 unspecified atom stereocenters. The molecule has 1 aliphatic heterocycles. The minimum Gasteiger partial charge on any atom is -0.493 e. The van der Waals surface area contributed by atoms with Gasteiger partial charge in [0.15, 0.2) is 5.54 Å². The van der Waals surface area contributed by atoms with Crippen molar-refractivity contribution in [2.45, 2.75) is 45.1 Å². The Kier molecular flexibility index (Phi) is 7.86. The fraction of sp³-hybridized carbons (Fsp3) is 0.333. The van der Waals surface area contributed by atoms with Gasteiger partial charge < -0.3 is 10.1 Å². The summed E-state index contributed by atoms with van der Waals surface area (Å²) in [6, 6.07) is 26.9. The Labute approximate surface area is 208 Å². The van der Waals surface area contributed by atoms with Crippen LogP contribution < -0.4 is 15.0 Å². The number of rotatable bonds is 6. The van der Waals surface area contributed by atoms with Crippen LogP contribution in [0, 0.1) is 5.92 Å². The van der Waals surface area contributed by atoms with Gasteiger partial charge in [-0.3, -0.25) is 14.5 Å². The largest absolute Gasteiger partial charge is 0.493 e. The summed E-state index contributed by atoms with van der Waals surface area (Å²) >= 11 is 0. The molecule has 5 nitrogen and oxygen atoms in total. The van der Waals surface area contributed by atoms with Crippen LogP contribution in [0.5, 0.6) is 5.75 Å². The third-order valence-electron chi connectivity index (χ3n) is 6.53. The van der Waals surface area contributed by atoms with Gasteiger partial charge in [-0.1, -0.05) is 80.6 Å². The van der Waals surface area contributed by atoms with Crippen LogP contribution in [-0.4, -0.2) is 25.0 Å². The van der Waals surface area contributed by atoms with Crippen molar-refractivity contribution in [3.63, 3.8) is 0 Å². The Bertz CT molecular complexity index is 1130. The van der Waals surface area contributed by atoms with E-state index in [4.69, 9.17) is 4.74 Å². The summed E-state index contributed by atoms with van der Waals surface area (Å²) in [7, 11) is 0. The van der Waals surface area contributed by atoms with E-state index in [-0.39, 0.29) is 18.2 Å². The second kappa shape index (κ2) is 11.2. The van der Waals surface area contributed by atoms with Crippen molar-refractivity contribution < 1.29 is 14.3 Å². The van der Waals surface area contributed by atoms with E-state index in [1.54, 1.807) is 4.90 Å². The zero-order chi connectivity index (χ0) is 24.7. The lowest BCUT2D eigenvalue weighted by Gasteiger charge is -2.44. The van der Waals surface area contributed by atoms with Crippen molar-refractivity contribution in [3.05, 3.63) is 96.1 Å². The maximum Gasteiger partial charge on any atom is 0.251 e. The van der Waals surface area contributed by atoms with Gasteiger partial charge in [0.1, 0.15) is 5.75 Å². The summed E-state index contributed by atoms with van der Waals surface area (Å²) in [6.45, 7) is 5.29. The van der Waals surface area contributed by atoms with Gasteiger partial charge in [-0.25, -0.2) is 0 Å². The van der Waals surface area contributed by atoms with Crippen LogP contribution in [-0.2, 0) is 21.5 Å². The molecule has 0 saturated carbocycles. The van der Waals surface area contributed by atoms with E-state index in [9.17, 15) is 9.59 Å². The number of carbonyl (C=O) groups is 2. The number of nitrogens with one attached hydrogen (secondary N) is 1. The first kappa shape index (κ1) is 24.5. The first-order chi connectivity index (χ1) is 17.0. The van der Waals surface area contributed by atoms with E-state index >= 15 is 0 Å². The third-order valence-corrected chi connectivity index (χ3v) is 6.53. The molecular weight excluding hydrogens is 436 g/mol. The zero-order valence-corrected chi connectivity index (χ0v) is 20.6. The lowest BCUT2D eigenvalue weighted by molar-refractivity contribution is -0.131. The number of para-hydroxylation sites is 2. The summed E-state index contributed by atoms with van der Waals surface area (Å²) in [5.41, 5.74) is 1.13. The Morgan fingerprint density at radius 3 is 2.34 bits per heavy atom. The third kappa shape index (κ3) is 5.40. The number of ether oxygens (including phenoxy) is 1. The molecule has 0 spiro atoms. The average Bonchev–Trinajstić information content (AvgIpc) is 2.87. The van der Waals surface area contributed by atoms with E-state index in [0.717, 1.165) is 23.3 Å². The minimum atomic E-state index is -1.20. The molecule has 4 rings (SSSR count). The standard InChI is InChI=1S/C30H34N2O3/c1-23(2)18-20-31-29(34)30(25-13-5-3-6-14-25)19-11-21-35-27-17-10-9-12-24(27)22-28(33)32(30)26-15-7-4-8-16-26/h3-10,12-17,23H,11,18-22H2,1-2H3,(H,31,34). The smallest absolute Gasteiger partial charge is 0.251 e. The molecule has 1 N–H and O–H groups in total. The quantitative estimate of drug-likeness (QED) is 0.518. The molecule has 0 radical (unpaired) electrons. The molecule has 182 valence electrons. The second-order valence-corrected chi connectivity index (χ2v) is 9.47. The molecule has 2 amide bonds. The van der Waals surface area contributed by atoms with Gasteiger partial charge >= 0.3 is 0 Å². The highest BCUT2D eigenvalue weighted by molar-refractivity contribution is 6.05. The van der Waals surface area contributed by atoms with Gasteiger partial charge in [0.2, 0.25) is 5.91 Å². The summed E-state index contributed by atoms with van der Waals surface area (Å²) in [6.07, 6.45) is 2.05. The zero-order valence-electron chi connectivity index (χ0n) is 20.6. The van der Waals surface area contributed by atoms with Crippen LogP contribution in [0.15, 0.2) is 84.9 Å². The van der Waals surface area contributed by atoms with Crippen molar-refractivity contribution >= 4 is 17.5 Å². The van der Waals surface area contributed by atoms with Crippen LogP contribution in [0.1, 0.15) is 44.2 Å². The number of nitrogens with zero attached hydrogens (tertiary/aromatic N) is 1. The number of carbonyl (C=O) groups excluding carboxylic acids is 2. The van der Waals surface area contributed by atoms with Gasteiger partial charge in [0, 0.05) is 17.8 Å². The predicted octanol–water partition coefficient (Wildman–Crippen LogP) is 5.49.